The summed E-state index contributed by atoms with van der Waals surface area (Å²) in [4.78, 5) is 12.3. The lowest BCUT2D eigenvalue weighted by atomic mass is 9.87. The van der Waals surface area contributed by atoms with E-state index in [-0.39, 0.29) is 11.3 Å². The molecule has 3 rings (SSSR count). The zero-order chi connectivity index (χ0) is 18.9. The lowest BCUT2D eigenvalue weighted by Gasteiger charge is -2.18. The molecular weight excluding hydrogens is 389 g/mol. The number of anilines is 1. The van der Waals surface area contributed by atoms with Crippen LogP contribution in [0.3, 0.4) is 0 Å². The third kappa shape index (κ3) is 4.23. The Morgan fingerprint density at radius 1 is 1.00 bits per heavy atom. The Labute approximate surface area is 166 Å². The van der Waals surface area contributed by atoms with Crippen molar-refractivity contribution in [1.82, 2.24) is 10.2 Å². The van der Waals surface area contributed by atoms with Crippen molar-refractivity contribution in [3.05, 3.63) is 63.6 Å². The molecule has 0 saturated heterocycles. The van der Waals surface area contributed by atoms with Crippen molar-refractivity contribution in [1.29, 1.82) is 0 Å². The third-order valence-electron chi connectivity index (χ3n) is 3.83. The van der Waals surface area contributed by atoms with Gasteiger partial charge in [0.15, 0.2) is 0 Å². The number of aromatic nitrogens is 2. The van der Waals surface area contributed by atoms with Crippen molar-refractivity contribution in [3.63, 3.8) is 0 Å². The molecule has 1 amide bonds. The molecule has 0 spiro atoms. The van der Waals surface area contributed by atoms with Crippen LogP contribution in [0.4, 0.5) is 5.13 Å². The molecule has 0 unspecified atom stereocenters. The van der Waals surface area contributed by atoms with Crippen LogP contribution in [0.5, 0.6) is 0 Å². The molecule has 1 heterocycles. The monoisotopic (exact) mass is 405 g/mol. The molecule has 26 heavy (non-hydrogen) atoms. The summed E-state index contributed by atoms with van der Waals surface area (Å²) in [6.07, 6.45) is 0. The van der Waals surface area contributed by atoms with E-state index in [1.165, 1.54) is 23.0 Å². The summed E-state index contributed by atoms with van der Waals surface area (Å²) >= 11 is 13.1. The van der Waals surface area contributed by atoms with Gasteiger partial charge >= 0.3 is 0 Å². The van der Waals surface area contributed by atoms with Crippen LogP contribution in [-0.4, -0.2) is 16.1 Å². The van der Waals surface area contributed by atoms with Crippen LogP contribution in [0.2, 0.25) is 10.0 Å². The molecule has 0 bridgehead atoms. The molecule has 3 aromatic rings. The van der Waals surface area contributed by atoms with Gasteiger partial charge in [0.1, 0.15) is 5.01 Å². The molecule has 7 heteroatoms. The van der Waals surface area contributed by atoms with Crippen LogP contribution in [0.15, 0.2) is 42.5 Å². The summed E-state index contributed by atoms with van der Waals surface area (Å²) in [5, 5.41) is 12.8. The zero-order valence-electron chi connectivity index (χ0n) is 14.5. The van der Waals surface area contributed by atoms with Gasteiger partial charge in [0.05, 0.1) is 10.0 Å². The quantitative estimate of drug-likeness (QED) is 0.575. The van der Waals surface area contributed by atoms with Crippen molar-refractivity contribution < 1.29 is 4.79 Å². The summed E-state index contributed by atoms with van der Waals surface area (Å²) < 4.78 is 0. The van der Waals surface area contributed by atoms with E-state index >= 15 is 0 Å². The van der Waals surface area contributed by atoms with Crippen molar-refractivity contribution in [2.24, 2.45) is 0 Å². The van der Waals surface area contributed by atoms with Gasteiger partial charge in [-0.15, -0.1) is 10.2 Å². The van der Waals surface area contributed by atoms with Gasteiger partial charge in [-0.25, -0.2) is 0 Å². The second kappa shape index (κ2) is 7.35. The number of hydrogen-bond acceptors (Lipinski definition) is 4. The number of nitrogens with zero attached hydrogens (tertiary/aromatic N) is 2. The number of nitrogens with one attached hydrogen (secondary N) is 1. The minimum absolute atomic E-state index is 0.0959. The Morgan fingerprint density at radius 2 is 1.69 bits per heavy atom. The maximum absolute atomic E-state index is 12.3. The minimum Gasteiger partial charge on any atom is -0.296 e. The average Bonchev–Trinajstić information content (AvgIpc) is 3.05. The summed E-state index contributed by atoms with van der Waals surface area (Å²) in [6.45, 7) is 6.51. The molecule has 0 atom stereocenters. The Kier molecular flexibility index (Phi) is 5.32. The highest BCUT2D eigenvalue weighted by Gasteiger charge is 2.15. The first-order chi connectivity index (χ1) is 12.2. The second-order valence-electron chi connectivity index (χ2n) is 6.82. The fourth-order valence-corrected chi connectivity index (χ4v) is 3.35. The first kappa shape index (κ1) is 18.8. The van der Waals surface area contributed by atoms with Gasteiger partial charge < -0.3 is 0 Å². The van der Waals surface area contributed by atoms with Crippen LogP contribution in [0, 0.1) is 0 Å². The van der Waals surface area contributed by atoms with Gasteiger partial charge in [-0.2, -0.15) is 0 Å². The Morgan fingerprint density at radius 3 is 2.31 bits per heavy atom. The van der Waals surface area contributed by atoms with Crippen LogP contribution in [0.25, 0.3) is 10.6 Å². The molecule has 1 N–H and O–H groups in total. The smallest absolute Gasteiger partial charge is 0.257 e. The van der Waals surface area contributed by atoms with E-state index in [0.29, 0.717) is 20.7 Å². The van der Waals surface area contributed by atoms with Crippen molar-refractivity contribution >= 4 is 45.6 Å². The summed E-state index contributed by atoms with van der Waals surface area (Å²) in [7, 11) is 0. The van der Waals surface area contributed by atoms with Gasteiger partial charge in [0, 0.05) is 11.1 Å². The van der Waals surface area contributed by atoms with E-state index in [1.807, 2.05) is 12.1 Å². The number of amides is 1. The topological polar surface area (TPSA) is 54.9 Å². The summed E-state index contributed by atoms with van der Waals surface area (Å²) in [6, 6.07) is 12.9. The van der Waals surface area contributed by atoms with E-state index in [1.54, 1.807) is 12.1 Å². The normalized spacial score (nSPS) is 11.4. The minimum atomic E-state index is -0.311. The Balaban J connectivity index is 1.75. The zero-order valence-corrected chi connectivity index (χ0v) is 16.8. The third-order valence-corrected chi connectivity index (χ3v) is 5.45. The lowest BCUT2D eigenvalue weighted by molar-refractivity contribution is 0.102. The number of hydrogen-bond donors (Lipinski definition) is 1. The van der Waals surface area contributed by atoms with Gasteiger partial charge in [-0.3, -0.25) is 10.1 Å². The van der Waals surface area contributed by atoms with Gasteiger partial charge in [-0.05, 0) is 29.2 Å². The molecule has 4 nitrogen and oxygen atoms in total. The van der Waals surface area contributed by atoms with E-state index in [4.69, 9.17) is 23.2 Å². The Bertz CT molecular complexity index is 946. The number of rotatable bonds is 3. The van der Waals surface area contributed by atoms with Crippen LogP contribution >= 0.6 is 34.5 Å². The number of benzene rings is 2. The number of carbonyl (C=O) groups excluding carboxylic acids is 1. The van der Waals surface area contributed by atoms with Gasteiger partial charge in [-0.1, -0.05) is 79.6 Å². The molecule has 2 aromatic carbocycles. The molecule has 134 valence electrons. The molecule has 0 fully saturated rings. The highest BCUT2D eigenvalue weighted by molar-refractivity contribution is 7.18. The molecule has 0 aliphatic rings. The summed E-state index contributed by atoms with van der Waals surface area (Å²) in [5.74, 6) is -0.311. The molecule has 0 aliphatic heterocycles. The molecule has 0 aliphatic carbocycles. The van der Waals surface area contributed by atoms with E-state index in [0.717, 1.165) is 10.6 Å². The van der Waals surface area contributed by atoms with Crippen LogP contribution in [0.1, 0.15) is 36.7 Å². The first-order valence-corrected chi connectivity index (χ1v) is 9.52. The van der Waals surface area contributed by atoms with Crippen LogP contribution < -0.4 is 5.32 Å². The first-order valence-electron chi connectivity index (χ1n) is 7.95. The van der Waals surface area contributed by atoms with Gasteiger partial charge in [0.25, 0.3) is 5.91 Å². The Hall–Kier alpha value is -1.95. The maximum atomic E-state index is 12.3. The molecular formula is C19H17Cl2N3OS. The number of halogens is 2. The highest BCUT2D eigenvalue weighted by atomic mass is 35.5. The maximum Gasteiger partial charge on any atom is 0.257 e. The molecule has 1 aromatic heterocycles. The fraction of sp³-hybridized carbons (Fsp3) is 0.211. The molecule has 0 radical (unpaired) electrons. The van der Waals surface area contributed by atoms with E-state index in [2.05, 4.69) is 48.4 Å². The van der Waals surface area contributed by atoms with Gasteiger partial charge in [0.2, 0.25) is 5.13 Å². The van der Waals surface area contributed by atoms with Crippen LogP contribution in [-0.2, 0) is 5.41 Å². The van der Waals surface area contributed by atoms with Crippen molar-refractivity contribution in [3.8, 4) is 10.6 Å². The SMILES string of the molecule is CC(C)(C)c1ccc(-c2nnc(NC(=O)c3ccc(Cl)c(Cl)c3)s2)cc1. The second-order valence-corrected chi connectivity index (χ2v) is 8.61. The van der Waals surface area contributed by atoms with Crippen molar-refractivity contribution in [2.45, 2.75) is 26.2 Å². The summed E-state index contributed by atoms with van der Waals surface area (Å²) in [5.41, 5.74) is 2.72. The predicted molar refractivity (Wildman–Crippen MR) is 108 cm³/mol. The van der Waals surface area contributed by atoms with E-state index in [9.17, 15) is 4.79 Å². The van der Waals surface area contributed by atoms with E-state index < -0.39 is 0 Å². The average molecular weight is 406 g/mol. The number of carbonyl (C=O) groups is 1. The lowest BCUT2D eigenvalue weighted by Crippen LogP contribution is -2.11. The van der Waals surface area contributed by atoms with Crippen molar-refractivity contribution in [2.75, 3.05) is 5.32 Å². The predicted octanol–water partition coefficient (Wildman–Crippen LogP) is 6.06. The largest absolute Gasteiger partial charge is 0.296 e. The molecule has 0 saturated carbocycles. The highest BCUT2D eigenvalue weighted by Crippen LogP contribution is 2.30. The fourth-order valence-electron chi connectivity index (χ4n) is 2.31. The standard InChI is InChI=1S/C19H17Cl2N3OS/c1-19(2,3)13-7-4-11(5-8-13)17-23-24-18(26-17)22-16(25)12-6-9-14(20)15(21)10-12/h4-10H,1-3H3,(H,22,24,25).